The minimum absolute atomic E-state index is 0.0610. The van der Waals surface area contributed by atoms with Gasteiger partial charge in [-0.3, -0.25) is 4.79 Å². The molecule has 1 N–H and O–H groups in total. The van der Waals surface area contributed by atoms with Crippen molar-refractivity contribution in [2.75, 3.05) is 26.6 Å². The molecule has 0 fully saturated rings. The number of benzene rings is 2. The Morgan fingerprint density at radius 1 is 0.958 bits per heavy atom. The third-order valence-corrected chi connectivity index (χ3v) is 4.14. The second kappa shape index (κ2) is 8.59. The number of carbonyl (C=O) groups excluding carboxylic acids is 1. The summed E-state index contributed by atoms with van der Waals surface area (Å²) in [5.41, 5.74) is 1.73. The highest BCUT2D eigenvalue weighted by atomic mass is 79.9. The fourth-order valence-corrected chi connectivity index (χ4v) is 2.85. The monoisotopic (exact) mass is 393 g/mol. The summed E-state index contributed by atoms with van der Waals surface area (Å²) in [6, 6.07) is 11.1. The van der Waals surface area contributed by atoms with Gasteiger partial charge in [-0.15, -0.1) is 0 Å². The van der Waals surface area contributed by atoms with Crippen molar-refractivity contribution < 1.29 is 19.0 Å². The number of nitrogens with one attached hydrogen (secondary N) is 1. The lowest BCUT2D eigenvalue weighted by atomic mass is 10.1. The van der Waals surface area contributed by atoms with E-state index in [0.29, 0.717) is 30.0 Å². The predicted octanol–water partition coefficient (Wildman–Crippen LogP) is 4.05. The van der Waals surface area contributed by atoms with E-state index in [1.807, 2.05) is 18.2 Å². The van der Waals surface area contributed by atoms with Crippen LogP contribution in [0.4, 0.5) is 5.69 Å². The fraction of sp³-hybridized carbons (Fsp3) is 0.278. The lowest BCUT2D eigenvalue weighted by Crippen LogP contribution is -2.12. The van der Waals surface area contributed by atoms with E-state index < -0.39 is 0 Å². The van der Waals surface area contributed by atoms with Crippen LogP contribution >= 0.6 is 15.9 Å². The van der Waals surface area contributed by atoms with Crippen molar-refractivity contribution >= 4 is 27.5 Å². The maximum Gasteiger partial charge on any atom is 0.224 e. The van der Waals surface area contributed by atoms with Crippen molar-refractivity contribution in [2.24, 2.45) is 0 Å². The summed E-state index contributed by atoms with van der Waals surface area (Å²) >= 11 is 3.45. The first-order chi connectivity index (χ1) is 11.6. The molecule has 0 atom stereocenters. The van der Waals surface area contributed by atoms with E-state index in [1.54, 1.807) is 39.5 Å². The van der Waals surface area contributed by atoms with Crippen molar-refractivity contribution in [3.8, 4) is 17.2 Å². The molecule has 0 heterocycles. The molecule has 1 amide bonds. The first-order valence-electron chi connectivity index (χ1n) is 7.41. The summed E-state index contributed by atoms with van der Waals surface area (Å²) < 4.78 is 16.5. The summed E-state index contributed by atoms with van der Waals surface area (Å²) in [5.74, 6) is 1.91. The van der Waals surface area contributed by atoms with Crippen LogP contribution in [-0.2, 0) is 11.2 Å². The maximum atomic E-state index is 12.1. The molecule has 128 valence electrons. The number of aryl methyl sites for hydroxylation is 1. The summed E-state index contributed by atoms with van der Waals surface area (Å²) in [6.07, 6.45) is 1.02. The number of hydrogen-bond acceptors (Lipinski definition) is 4. The molecule has 0 saturated heterocycles. The number of amides is 1. The van der Waals surface area contributed by atoms with Gasteiger partial charge in [0, 0.05) is 18.2 Å². The van der Waals surface area contributed by atoms with E-state index in [4.69, 9.17) is 14.2 Å². The van der Waals surface area contributed by atoms with E-state index in [-0.39, 0.29) is 5.91 Å². The molecule has 0 aliphatic rings. The summed E-state index contributed by atoms with van der Waals surface area (Å²) in [4.78, 5) is 12.1. The van der Waals surface area contributed by atoms with Gasteiger partial charge in [-0.05, 0) is 52.2 Å². The zero-order valence-electron chi connectivity index (χ0n) is 13.9. The van der Waals surface area contributed by atoms with Crippen molar-refractivity contribution in [1.29, 1.82) is 0 Å². The van der Waals surface area contributed by atoms with Gasteiger partial charge in [0.15, 0.2) is 11.5 Å². The normalized spacial score (nSPS) is 10.2. The second-order valence-corrected chi connectivity index (χ2v) is 5.94. The van der Waals surface area contributed by atoms with Crippen LogP contribution in [0.15, 0.2) is 40.9 Å². The Balaban J connectivity index is 1.95. The zero-order valence-corrected chi connectivity index (χ0v) is 15.5. The minimum atomic E-state index is -0.0610. The molecule has 5 nitrogen and oxygen atoms in total. The van der Waals surface area contributed by atoms with E-state index >= 15 is 0 Å². The number of rotatable bonds is 7. The van der Waals surface area contributed by atoms with Gasteiger partial charge in [0.1, 0.15) is 5.75 Å². The Bertz CT molecular complexity index is 718. The maximum absolute atomic E-state index is 12.1. The smallest absolute Gasteiger partial charge is 0.224 e. The molecule has 2 aromatic carbocycles. The highest BCUT2D eigenvalue weighted by molar-refractivity contribution is 9.10. The molecule has 0 spiro atoms. The van der Waals surface area contributed by atoms with Gasteiger partial charge in [0.05, 0.1) is 25.8 Å². The molecule has 0 aromatic heterocycles. The summed E-state index contributed by atoms with van der Waals surface area (Å²) in [7, 11) is 4.75. The van der Waals surface area contributed by atoms with Crippen LogP contribution in [0.5, 0.6) is 17.2 Å². The van der Waals surface area contributed by atoms with Crippen LogP contribution in [-0.4, -0.2) is 27.2 Å². The third-order valence-electron chi connectivity index (χ3n) is 3.52. The first kappa shape index (κ1) is 18.1. The van der Waals surface area contributed by atoms with Gasteiger partial charge in [-0.2, -0.15) is 0 Å². The van der Waals surface area contributed by atoms with Crippen molar-refractivity contribution in [1.82, 2.24) is 0 Å². The number of carbonyl (C=O) groups is 1. The van der Waals surface area contributed by atoms with Gasteiger partial charge >= 0.3 is 0 Å². The van der Waals surface area contributed by atoms with Crippen LogP contribution < -0.4 is 19.5 Å². The number of methoxy groups -OCH3 is 3. The average molecular weight is 394 g/mol. The molecule has 0 aliphatic carbocycles. The lowest BCUT2D eigenvalue weighted by molar-refractivity contribution is -0.116. The molecule has 0 saturated carbocycles. The Kier molecular flexibility index (Phi) is 6.49. The Hall–Kier alpha value is -2.21. The summed E-state index contributed by atoms with van der Waals surface area (Å²) in [5, 5.41) is 2.86. The van der Waals surface area contributed by atoms with Crippen molar-refractivity contribution in [3.63, 3.8) is 0 Å². The van der Waals surface area contributed by atoms with Gasteiger partial charge in [0.25, 0.3) is 0 Å². The van der Waals surface area contributed by atoms with Gasteiger partial charge in [-0.1, -0.05) is 6.07 Å². The van der Waals surface area contributed by atoms with Crippen LogP contribution in [0.1, 0.15) is 12.0 Å². The van der Waals surface area contributed by atoms with Gasteiger partial charge in [0.2, 0.25) is 5.91 Å². The minimum Gasteiger partial charge on any atom is -0.496 e. The van der Waals surface area contributed by atoms with E-state index in [9.17, 15) is 4.79 Å². The molecule has 0 aliphatic heterocycles. The number of anilines is 1. The largest absolute Gasteiger partial charge is 0.496 e. The standard InChI is InChI=1S/C18H20BrNO4/c1-22-15-7-4-12(10-14(15)19)5-9-18(21)20-13-6-8-16(23-2)17(11-13)24-3/h4,6-8,10-11H,5,9H2,1-3H3,(H,20,21). The van der Waals surface area contributed by atoms with E-state index in [1.165, 1.54) is 0 Å². The molecule has 24 heavy (non-hydrogen) atoms. The quantitative estimate of drug-likeness (QED) is 0.770. The van der Waals surface area contributed by atoms with E-state index in [0.717, 1.165) is 15.8 Å². The highest BCUT2D eigenvalue weighted by Gasteiger charge is 2.08. The Labute approximate surface area is 150 Å². The molecule has 2 rings (SSSR count). The average Bonchev–Trinajstić information content (AvgIpc) is 2.60. The zero-order chi connectivity index (χ0) is 17.5. The molecule has 0 radical (unpaired) electrons. The second-order valence-electron chi connectivity index (χ2n) is 5.09. The SMILES string of the molecule is COc1ccc(CCC(=O)Nc2ccc(OC)c(OC)c2)cc1Br. The number of ether oxygens (including phenoxy) is 3. The fourth-order valence-electron chi connectivity index (χ4n) is 2.26. The number of halogens is 1. The van der Waals surface area contributed by atoms with Crippen LogP contribution in [0.2, 0.25) is 0 Å². The Morgan fingerprint density at radius 2 is 1.62 bits per heavy atom. The number of hydrogen-bond donors (Lipinski definition) is 1. The predicted molar refractivity (Wildman–Crippen MR) is 97.2 cm³/mol. The highest BCUT2D eigenvalue weighted by Crippen LogP contribution is 2.30. The third kappa shape index (κ3) is 4.64. The lowest BCUT2D eigenvalue weighted by Gasteiger charge is -2.11. The Morgan fingerprint density at radius 3 is 2.25 bits per heavy atom. The van der Waals surface area contributed by atoms with Crippen LogP contribution in [0.25, 0.3) is 0 Å². The van der Waals surface area contributed by atoms with Gasteiger partial charge in [-0.25, -0.2) is 0 Å². The molecular formula is C18H20BrNO4. The molecule has 0 unspecified atom stereocenters. The summed E-state index contributed by atoms with van der Waals surface area (Å²) in [6.45, 7) is 0. The topological polar surface area (TPSA) is 56.8 Å². The van der Waals surface area contributed by atoms with Gasteiger partial charge < -0.3 is 19.5 Å². The molecule has 6 heteroatoms. The molecule has 2 aromatic rings. The van der Waals surface area contributed by atoms with E-state index in [2.05, 4.69) is 21.2 Å². The molecular weight excluding hydrogens is 374 g/mol. The van der Waals surface area contributed by atoms with Crippen molar-refractivity contribution in [3.05, 3.63) is 46.4 Å². The first-order valence-corrected chi connectivity index (χ1v) is 8.21. The molecule has 0 bridgehead atoms. The van der Waals surface area contributed by atoms with Crippen LogP contribution in [0.3, 0.4) is 0 Å². The van der Waals surface area contributed by atoms with Crippen molar-refractivity contribution in [2.45, 2.75) is 12.8 Å². The van der Waals surface area contributed by atoms with Crippen LogP contribution in [0, 0.1) is 0 Å².